The third-order valence-electron chi connectivity index (χ3n) is 3.12. The third kappa shape index (κ3) is 13.6. The fraction of sp³-hybridized carbons (Fsp3) is 1.00. The minimum atomic E-state index is -2.98. The van der Waals surface area contributed by atoms with Crippen molar-refractivity contribution < 1.29 is 9.46 Å². The van der Waals surface area contributed by atoms with Gasteiger partial charge in [0.25, 0.3) is 0 Å². The predicted molar refractivity (Wildman–Crippen MR) is 97.1 cm³/mol. The Bertz CT molecular complexity index is 285. The van der Waals surface area contributed by atoms with E-state index in [2.05, 4.69) is 55.4 Å². The first kappa shape index (κ1) is 22.9. The molecule has 0 aliphatic heterocycles. The highest BCUT2D eigenvalue weighted by Gasteiger charge is 2.28. The van der Waals surface area contributed by atoms with Crippen LogP contribution in [0.15, 0.2) is 0 Å². The Morgan fingerprint density at radius 2 is 1.10 bits per heavy atom. The van der Waals surface area contributed by atoms with Crippen molar-refractivity contribution in [1.82, 2.24) is 0 Å². The third-order valence-corrected chi connectivity index (χ3v) is 5.50. The Labute approximate surface area is 130 Å². The standard InChI is InChI=1S/C16H35O2P.H3P/c1-13(9-15(3,4)5)11-19(17,18)12-14(2)10-16(6,7)8;/h13-14H,9-12H2,1-8H3,(H,17,18);1H3. The van der Waals surface area contributed by atoms with E-state index in [1.165, 1.54) is 0 Å². The molecule has 4 heteroatoms. The maximum Gasteiger partial charge on any atom is 0.201 e. The smallest absolute Gasteiger partial charge is 0.201 e. The first-order chi connectivity index (χ1) is 8.20. The molecule has 0 saturated carbocycles. The number of rotatable bonds is 6. The van der Waals surface area contributed by atoms with Crippen LogP contribution in [0, 0.1) is 22.7 Å². The average Bonchev–Trinajstić information content (AvgIpc) is 1.89. The molecule has 0 amide bonds. The lowest BCUT2D eigenvalue weighted by atomic mass is 9.86. The average molecular weight is 324 g/mol. The zero-order valence-electron chi connectivity index (χ0n) is 15.0. The van der Waals surface area contributed by atoms with Gasteiger partial charge in [-0.05, 0) is 35.5 Å². The fourth-order valence-electron chi connectivity index (χ4n) is 3.27. The molecule has 0 rings (SSSR count). The molecule has 0 bridgehead atoms. The van der Waals surface area contributed by atoms with Crippen LogP contribution in [0.4, 0.5) is 0 Å². The van der Waals surface area contributed by atoms with Gasteiger partial charge >= 0.3 is 0 Å². The summed E-state index contributed by atoms with van der Waals surface area (Å²) in [6.45, 7) is 17.3. The number of hydrogen-bond donors (Lipinski definition) is 1. The molecular weight excluding hydrogens is 286 g/mol. The van der Waals surface area contributed by atoms with Crippen molar-refractivity contribution in [2.45, 2.75) is 68.2 Å². The van der Waals surface area contributed by atoms with Crippen molar-refractivity contribution in [3.63, 3.8) is 0 Å². The minimum absolute atomic E-state index is 0. The minimum Gasteiger partial charge on any atom is -0.344 e. The van der Waals surface area contributed by atoms with Crippen molar-refractivity contribution in [1.29, 1.82) is 0 Å². The summed E-state index contributed by atoms with van der Waals surface area (Å²) < 4.78 is 12.4. The summed E-state index contributed by atoms with van der Waals surface area (Å²) in [5, 5.41) is 0. The Morgan fingerprint density at radius 1 is 0.850 bits per heavy atom. The van der Waals surface area contributed by atoms with Gasteiger partial charge in [0.05, 0.1) is 0 Å². The molecule has 2 nitrogen and oxygen atoms in total. The van der Waals surface area contributed by atoms with Gasteiger partial charge in [-0.3, -0.25) is 4.57 Å². The van der Waals surface area contributed by atoms with Crippen LogP contribution in [0.25, 0.3) is 0 Å². The Hall–Kier alpha value is 0.620. The van der Waals surface area contributed by atoms with E-state index in [-0.39, 0.29) is 20.7 Å². The summed E-state index contributed by atoms with van der Waals surface area (Å²) in [7, 11) is -2.98. The first-order valence-corrected chi connectivity index (χ1v) is 9.54. The highest BCUT2D eigenvalue weighted by molar-refractivity contribution is 7.58. The van der Waals surface area contributed by atoms with Crippen LogP contribution in [0.2, 0.25) is 0 Å². The van der Waals surface area contributed by atoms with Crippen molar-refractivity contribution in [3.8, 4) is 0 Å². The van der Waals surface area contributed by atoms with Crippen LogP contribution in [-0.4, -0.2) is 17.2 Å². The molecule has 3 atom stereocenters. The molecule has 0 aromatic carbocycles. The molecule has 1 N–H and O–H groups in total. The Kier molecular flexibility index (Phi) is 9.51. The zero-order chi connectivity index (χ0) is 15.5. The van der Waals surface area contributed by atoms with Gasteiger partial charge in [0.15, 0.2) is 0 Å². The summed E-state index contributed by atoms with van der Waals surface area (Å²) in [6.07, 6.45) is 2.95. The van der Waals surface area contributed by atoms with Crippen LogP contribution in [-0.2, 0) is 4.57 Å². The monoisotopic (exact) mass is 324 g/mol. The molecule has 3 unspecified atom stereocenters. The normalized spacial score (nSPS) is 18.9. The second-order valence-corrected chi connectivity index (χ2v) is 11.4. The van der Waals surface area contributed by atoms with Crippen LogP contribution in [0.5, 0.6) is 0 Å². The first-order valence-electron chi connectivity index (χ1n) is 7.51. The van der Waals surface area contributed by atoms with E-state index in [4.69, 9.17) is 0 Å². The van der Waals surface area contributed by atoms with Crippen LogP contribution < -0.4 is 0 Å². The topological polar surface area (TPSA) is 37.3 Å². The van der Waals surface area contributed by atoms with E-state index in [0.717, 1.165) is 12.8 Å². The summed E-state index contributed by atoms with van der Waals surface area (Å²) in [5.74, 6) is 0.635. The van der Waals surface area contributed by atoms with Gasteiger partial charge in [0.2, 0.25) is 7.37 Å². The highest BCUT2D eigenvalue weighted by atomic mass is 31.2. The lowest BCUT2D eigenvalue weighted by Crippen LogP contribution is -2.18. The summed E-state index contributed by atoms with van der Waals surface area (Å²) in [6, 6.07) is 0. The van der Waals surface area contributed by atoms with Gasteiger partial charge < -0.3 is 4.89 Å². The largest absolute Gasteiger partial charge is 0.344 e. The van der Waals surface area contributed by atoms with E-state index in [1.807, 2.05) is 0 Å². The molecule has 0 saturated heterocycles. The molecule has 0 heterocycles. The molecule has 0 aliphatic carbocycles. The molecular formula is C16H38O2P2. The van der Waals surface area contributed by atoms with Crippen LogP contribution >= 0.6 is 17.3 Å². The van der Waals surface area contributed by atoms with Crippen LogP contribution in [0.1, 0.15) is 68.2 Å². The summed E-state index contributed by atoms with van der Waals surface area (Å²) in [4.78, 5) is 10.2. The Morgan fingerprint density at radius 3 is 1.30 bits per heavy atom. The Balaban J connectivity index is 0. The van der Waals surface area contributed by atoms with E-state index in [9.17, 15) is 9.46 Å². The van der Waals surface area contributed by atoms with E-state index in [0.29, 0.717) is 24.2 Å². The van der Waals surface area contributed by atoms with E-state index < -0.39 is 7.37 Å². The maximum atomic E-state index is 12.4. The maximum absolute atomic E-state index is 12.4. The van der Waals surface area contributed by atoms with Crippen molar-refractivity contribution in [2.24, 2.45) is 22.7 Å². The lowest BCUT2D eigenvalue weighted by molar-refractivity contribution is 0.309. The predicted octanol–water partition coefficient (Wildman–Crippen LogP) is 5.46. The molecule has 20 heavy (non-hydrogen) atoms. The molecule has 0 radical (unpaired) electrons. The molecule has 0 spiro atoms. The molecule has 0 aromatic heterocycles. The van der Waals surface area contributed by atoms with Gasteiger partial charge in [-0.2, -0.15) is 9.90 Å². The second kappa shape index (κ2) is 8.30. The van der Waals surface area contributed by atoms with E-state index in [1.54, 1.807) is 0 Å². The fourth-order valence-corrected chi connectivity index (χ4v) is 5.62. The zero-order valence-corrected chi connectivity index (χ0v) is 17.3. The van der Waals surface area contributed by atoms with Crippen molar-refractivity contribution in [3.05, 3.63) is 0 Å². The van der Waals surface area contributed by atoms with E-state index >= 15 is 0 Å². The molecule has 0 aliphatic rings. The van der Waals surface area contributed by atoms with Gasteiger partial charge in [-0.25, -0.2) is 0 Å². The van der Waals surface area contributed by atoms with Gasteiger partial charge in [0.1, 0.15) is 0 Å². The summed E-state index contributed by atoms with van der Waals surface area (Å²) in [5.41, 5.74) is 0.465. The highest BCUT2D eigenvalue weighted by Crippen LogP contribution is 2.47. The molecule has 0 fully saturated rings. The SMILES string of the molecule is CC(CC(C)(C)C)CP(=O)(O)CC(C)CC(C)(C)C.P. The lowest BCUT2D eigenvalue weighted by Gasteiger charge is -2.27. The summed E-state index contributed by atoms with van der Waals surface area (Å²) >= 11 is 0. The quantitative estimate of drug-likeness (QED) is 0.659. The van der Waals surface area contributed by atoms with Crippen molar-refractivity contribution in [2.75, 3.05) is 12.3 Å². The van der Waals surface area contributed by atoms with Gasteiger partial charge in [0, 0.05) is 12.3 Å². The molecule has 0 aromatic rings. The van der Waals surface area contributed by atoms with Crippen molar-refractivity contribution >= 4 is 17.3 Å². The van der Waals surface area contributed by atoms with Gasteiger partial charge in [-0.1, -0.05) is 55.4 Å². The second-order valence-electron chi connectivity index (χ2n) is 8.95. The molecule has 124 valence electrons. The van der Waals surface area contributed by atoms with Crippen LogP contribution in [0.3, 0.4) is 0 Å². The number of hydrogen-bond acceptors (Lipinski definition) is 1. The van der Waals surface area contributed by atoms with Gasteiger partial charge in [-0.15, -0.1) is 0 Å².